The van der Waals surface area contributed by atoms with Crippen molar-refractivity contribution in [2.45, 2.75) is 277 Å². The lowest BCUT2D eigenvalue weighted by Gasteiger charge is -2.24. The van der Waals surface area contributed by atoms with Gasteiger partial charge in [0.2, 0.25) is 5.91 Å². The molecule has 3 unspecified atom stereocenters. The zero-order valence-electron chi connectivity index (χ0n) is 43.3. The number of hydrogen-bond acceptors (Lipinski definition) is 5. The molecular weight excluding hydrogens is 815 g/mol. The minimum absolute atomic E-state index is 0.0502. The van der Waals surface area contributed by atoms with Crippen LogP contribution in [-0.4, -0.2) is 46.9 Å². The number of nitrogens with one attached hydrogen (secondary N) is 1. The molecule has 6 nitrogen and oxygen atoms in total. The Morgan fingerprint density at radius 3 is 1.30 bits per heavy atom. The number of aliphatic hydroxyl groups excluding tert-OH is 2. The number of aliphatic hydroxyl groups is 2. The minimum Gasteiger partial charge on any atom is -0.462 e. The summed E-state index contributed by atoms with van der Waals surface area (Å²) >= 11 is 0. The van der Waals surface area contributed by atoms with Crippen LogP contribution >= 0.6 is 0 Å². The first-order chi connectivity index (χ1) is 32.5. The molecule has 0 aliphatic rings. The third-order valence-electron chi connectivity index (χ3n) is 12.4. The highest BCUT2D eigenvalue weighted by molar-refractivity contribution is 5.77. The van der Waals surface area contributed by atoms with Crippen LogP contribution in [0.25, 0.3) is 0 Å². The van der Waals surface area contributed by atoms with Crippen LogP contribution in [0, 0.1) is 0 Å². The Morgan fingerprint density at radius 2 is 0.833 bits per heavy atom. The van der Waals surface area contributed by atoms with Gasteiger partial charge in [-0.1, -0.05) is 260 Å². The minimum atomic E-state index is -0.803. The summed E-state index contributed by atoms with van der Waals surface area (Å²) in [6.07, 6.45) is 69.3. The molecule has 0 aliphatic carbocycles. The molecule has 6 heteroatoms. The number of amides is 1. The SMILES string of the molecule is CC\C=C/C=C/C=C/C=C\C=C\C=C\CCCCCC(=O)OC(CCCCCCC/C=C\CCCCCC)CC(=O)NC(CO)C(O)CCCCCCCCCCCCCCCCCCC. The Bertz CT molecular complexity index is 1260. The van der Waals surface area contributed by atoms with Crippen LogP contribution in [0.2, 0.25) is 0 Å². The standard InChI is InChI=1S/C60H105NO5/c1-4-7-10-13-16-19-22-25-27-29-31-34-37-40-43-46-49-52-58(63)57(55-62)61-59(64)54-56(51-48-45-42-39-36-33-24-21-18-15-12-9-6-3)66-60(65)53-50-47-44-41-38-35-32-30-28-26-23-20-17-14-11-8-5-2/h8,11,14,17,20-21,23-24,26,28,30,32,35,38,56-58,62-63H,4-7,9-10,12-13,15-16,18-19,22,25,27,29,31,33-34,36-37,39-55H2,1-3H3,(H,61,64)/b11-8-,17-14+,23-20+,24-21-,28-26-,32-30+,38-35+. The number of rotatable bonds is 49. The Kier molecular flexibility index (Phi) is 50.6. The van der Waals surface area contributed by atoms with E-state index >= 15 is 0 Å². The average molecular weight is 921 g/mol. The van der Waals surface area contributed by atoms with Gasteiger partial charge >= 0.3 is 5.97 Å². The van der Waals surface area contributed by atoms with Gasteiger partial charge in [-0.3, -0.25) is 9.59 Å². The molecule has 0 spiro atoms. The number of unbranched alkanes of at least 4 members (excludes halogenated alkanes) is 28. The number of hydrogen-bond donors (Lipinski definition) is 3. The van der Waals surface area contributed by atoms with Crippen LogP contribution in [0.15, 0.2) is 85.1 Å². The van der Waals surface area contributed by atoms with Gasteiger partial charge in [-0.25, -0.2) is 0 Å². The van der Waals surface area contributed by atoms with E-state index in [1.165, 1.54) is 135 Å². The van der Waals surface area contributed by atoms with Crippen LogP contribution in [0.5, 0.6) is 0 Å². The summed E-state index contributed by atoms with van der Waals surface area (Å²) < 4.78 is 5.92. The second-order valence-corrected chi connectivity index (χ2v) is 18.8. The van der Waals surface area contributed by atoms with Crippen molar-refractivity contribution < 1.29 is 24.5 Å². The zero-order chi connectivity index (χ0) is 48.1. The van der Waals surface area contributed by atoms with Crippen molar-refractivity contribution in [2.24, 2.45) is 0 Å². The summed E-state index contributed by atoms with van der Waals surface area (Å²) in [6, 6.07) is -0.718. The van der Waals surface area contributed by atoms with E-state index < -0.39 is 18.2 Å². The molecular formula is C60H105NO5. The van der Waals surface area contributed by atoms with Gasteiger partial charge in [-0.15, -0.1) is 0 Å². The van der Waals surface area contributed by atoms with Gasteiger partial charge in [0.15, 0.2) is 0 Å². The molecule has 0 aromatic carbocycles. The highest BCUT2D eigenvalue weighted by Crippen LogP contribution is 2.18. The zero-order valence-corrected chi connectivity index (χ0v) is 43.3. The maximum absolute atomic E-state index is 13.2. The summed E-state index contributed by atoms with van der Waals surface area (Å²) in [5, 5.41) is 23.9. The molecule has 3 N–H and O–H groups in total. The lowest BCUT2D eigenvalue weighted by Crippen LogP contribution is -2.46. The molecule has 380 valence electrons. The first kappa shape index (κ1) is 63.0. The van der Waals surface area contributed by atoms with E-state index in [0.717, 1.165) is 77.0 Å². The first-order valence-corrected chi connectivity index (χ1v) is 27.9. The predicted octanol–water partition coefficient (Wildman–Crippen LogP) is 17.1. The van der Waals surface area contributed by atoms with Crippen molar-refractivity contribution in [1.29, 1.82) is 0 Å². The van der Waals surface area contributed by atoms with Crippen molar-refractivity contribution in [3.63, 3.8) is 0 Å². The first-order valence-electron chi connectivity index (χ1n) is 27.9. The lowest BCUT2D eigenvalue weighted by atomic mass is 10.0. The van der Waals surface area contributed by atoms with Crippen LogP contribution in [0.4, 0.5) is 0 Å². The lowest BCUT2D eigenvalue weighted by molar-refractivity contribution is -0.151. The molecule has 3 atom stereocenters. The van der Waals surface area contributed by atoms with Gasteiger partial charge in [-0.05, 0) is 70.6 Å². The highest BCUT2D eigenvalue weighted by Gasteiger charge is 2.24. The molecule has 0 bridgehead atoms. The average Bonchev–Trinajstić information content (AvgIpc) is 3.31. The quantitative estimate of drug-likeness (QED) is 0.0245. The van der Waals surface area contributed by atoms with E-state index in [-0.39, 0.29) is 24.9 Å². The number of carbonyl (C=O) groups is 2. The third-order valence-corrected chi connectivity index (χ3v) is 12.4. The second-order valence-electron chi connectivity index (χ2n) is 18.8. The van der Waals surface area contributed by atoms with Gasteiger partial charge in [0, 0.05) is 6.42 Å². The summed E-state index contributed by atoms with van der Waals surface area (Å²) in [6.45, 7) is 6.33. The largest absolute Gasteiger partial charge is 0.462 e. The molecule has 0 aliphatic heterocycles. The number of carbonyl (C=O) groups excluding carboxylic acids is 2. The fraction of sp³-hybridized carbons (Fsp3) is 0.733. The third kappa shape index (κ3) is 47.5. The van der Waals surface area contributed by atoms with Gasteiger partial charge < -0.3 is 20.3 Å². The van der Waals surface area contributed by atoms with Crippen LogP contribution in [-0.2, 0) is 14.3 Å². The van der Waals surface area contributed by atoms with E-state index in [1.54, 1.807) is 0 Å². The molecule has 0 fully saturated rings. The second kappa shape index (κ2) is 53.0. The normalized spacial score (nSPS) is 13.8. The summed E-state index contributed by atoms with van der Waals surface area (Å²) in [5.41, 5.74) is 0. The molecule has 0 rings (SSSR count). The van der Waals surface area contributed by atoms with E-state index in [4.69, 9.17) is 4.74 Å². The van der Waals surface area contributed by atoms with Crippen molar-refractivity contribution in [3.05, 3.63) is 85.1 Å². The van der Waals surface area contributed by atoms with Crippen LogP contribution in [0.3, 0.4) is 0 Å². The van der Waals surface area contributed by atoms with Gasteiger partial charge in [0.05, 0.1) is 25.2 Å². The summed E-state index contributed by atoms with van der Waals surface area (Å²) in [4.78, 5) is 26.2. The summed E-state index contributed by atoms with van der Waals surface area (Å²) in [7, 11) is 0. The van der Waals surface area contributed by atoms with Gasteiger partial charge in [0.1, 0.15) is 6.10 Å². The van der Waals surface area contributed by atoms with E-state index in [1.807, 2.05) is 48.6 Å². The molecule has 0 saturated heterocycles. The maximum atomic E-state index is 13.2. The maximum Gasteiger partial charge on any atom is 0.306 e. The predicted molar refractivity (Wildman–Crippen MR) is 287 cm³/mol. The Hall–Kier alpha value is -2.96. The molecule has 0 heterocycles. The monoisotopic (exact) mass is 920 g/mol. The van der Waals surface area contributed by atoms with Crippen LogP contribution in [0.1, 0.15) is 258 Å². The molecule has 1 amide bonds. The van der Waals surface area contributed by atoms with Crippen molar-refractivity contribution in [1.82, 2.24) is 5.32 Å². The van der Waals surface area contributed by atoms with Crippen molar-refractivity contribution in [2.75, 3.05) is 6.61 Å². The van der Waals surface area contributed by atoms with Gasteiger partial charge in [0.25, 0.3) is 0 Å². The fourth-order valence-electron chi connectivity index (χ4n) is 8.16. The Morgan fingerprint density at radius 1 is 0.455 bits per heavy atom. The van der Waals surface area contributed by atoms with E-state index in [0.29, 0.717) is 19.3 Å². The highest BCUT2D eigenvalue weighted by atomic mass is 16.5. The molecule has 0 radical (unpaired) electrons. The van der Waals surface area contributed by atoms with Crippen LogP contribution < -0.4 is 5.32 Å². The summed E-state index contributed by atoms with van der Waals surface area (Å²) in [5.74, 6) is -0.533. The Labute approximate surface area is 408 Å². The van der Waals surface area contributed by atoms with Crippen molar-refractivity contribution >= 4 is 11.9 Å². The number of esters is 1. The van der Waals surface area contributed by atoms with Gasteiger partial charge in [-0.2, -0.15) is 0 Å². The topological polar surface area (TPSA) is 95.9 Å². The molecule has 0 saturated carbocycles. The number of allylic oxidation sites excluding steroid dienone is 14. The number of ether oxygens (including phenoxy) is 1. The van der Waals surface area contributed by atoms with E-state index in [9.17, 15) is 19.8 Å². The molecule has 0 aromatic heterocycles. The Balaban J connectivity index is 4.62. The molecule has 66 heavy (non-hydrogen) atoms. The van der Waals surface area contributed by atoms with E-state index in [2.05, 4.69) is 62.5 Å². The smallest absolute Gasteiger partial charge is 0.306 e. The fourth-order valence-corrected chi connectivity index (χ4v) is 8.16. The van der Waals surface area contributed by atoms with Crippen molar-refractivity contribution in [3.8, 4) is 0 Å². The molecule has 0 aromatic rings.